The molecule has 3 fully saturated rings. The standard InChI is InChI=1S/C21H36N4O3/c1-15(2)20(27)25-12-4-3-9-18(25)21(28)24-11-6-7-16(14-24)13-23-19(26)17-8-5-10-22-17/h15-18,22H,3-14H2,1-2H3,(H,23,26). The van der Waals surface area contributed by atoms with Crippen LogP contribution in [0.1, 0.15) is 58.8 Å². The van der Waals surface area contributed by atoms with E-state index in [4.69, 9.17) is 0 Å². The monoisotopic (exact) mass is 392 g/mol. The lowest BCUT2D eigenvalue weighted by atomic mass is 9.94. The van der Waals surface area contributed by atoms with Crippen molar-refractivity contribution in [3.05, 3.63) is 0 Å². The van der Waals surface area contributed by atoms with E-state index in [9.17, 15) is 14.4 Å². The zero-order chi connectivity index (χ0) is 20.1. The van der Waals surface area contributed by atoms with Gasteiger partial charge >= 0.3 is 0 Å². The maximum absolute atomic E-state index is 13.2. The molecule has 7 nitrogen and oxygen atoms in total. The number of rotatable bonds is 5. The first-order chi connectivity index (χ1) is 13.5. The molecule has 28 heavy (non-hydrogen) atoms. The van der Waals surface area contributed by atoms with Crippen molar-refractivity contribution in [1.82, 2.24) is 20.4 Å². The van der Waals surface area contributed by atoms with E-state index in [2.05, 4.69) is 10.6 Å². The molecule has 0 saturated carbocycles. The number of likely N-dealkylation sites (tertiary alicyclic amines) is 2. The zero-order valence-corrected chi connectivity index (χ0v) is 17.4. The molecule has 7 heteroatoms. The van der Waals surface area contributed by atoms with E-state index in [1.165, 1.54) is 0 Å². The highest BCUT2D eigenvalue weighted by Gasteiger charge is 2.37. The summed E-state index contributed by atoms with van der Waals surface area (Å²) in [5, 5.41) is 6.30. The van der Waals surface area contributed by atoms with E-state index in [-0.39, 0.29) is 35.7 Å². The van der Waals surface area contributed by atoms with Gasteiger partial charge in [-0.25, -0.2) is 0 Å². The van der Waals surface area contributed by atoms with E-state index in [0.29, 0.717) is 25.6 Å². The lowest BCUT2D eigenvalue weighted by molar-refractivity contribution is -0.150. The summed E-state index contributed by atoms with van der Waals surface area (Å²) in [5.41, 5.74) is 0. The van der Waals surface area contributed by atoms with Gasteiger partial charge in [0.1, 0.15) is 6.04 Å². The van der Waals surface area contributed by atoms with Crippen LogP contribution in [0.5, 0.6) is 0 Å². The van der Waals surface area contributed by atoms with Gasteiger partial charge in [0.2, 0.25) is 17.7 Å². The van der Waals surface area contributed by atoms with Gasteiger partial charge in [-0.05, 0) is 57.4 Å². The van der Waals surface area contributed by atoms with E-state index in [1.807, 2.05) is 23.6 Å². The summed E-state index contributed by atoms with van der Waals surface area (Å²) in [6.45, 7) is 7.46. The number of amides is 3. The van der Waals surface area contributed by atoms with Crippen LogP contribution in [0, 0.1) is 11.8 Å². The second kappa shape index (κ2) is 9.72. The zero-order valence-electron chi connectivity index (χ0n) is 17.4. The molecule has 3 heterocycles. The number of hydrogen-bond acceptors (Lipinski definition) is 4. The molecule has 3 unspecified atom stereocenters. The third-order valence-corrected chi connectivity index (χ3v) is 6.34. The van der Waals surface area contributed by atoms with Crippen LogP contribution in [0.25, 0.3) is 0 Å². The predicted molar refractivity (Wildman–Crippen MR) is 108 cm³/mol. The summed E-state index contributed by atoms with van der Waals surface area (Å²) in [4.78, 5) is 41.8. The Bertz CT molecular complexity index is 574. The van der Waals surface area contributed by atoms with Gasteiger partial charge < -0.3 is 20.4 Å². The van der Waals surface area contributed by atoms with Crippen molar-refractivity contribution < 1.29 is 14.4 Å². The number of carbonyl (C=O) groups excluding carboxylic acids is 3. The SMILES string of the molecule is CC(C)C(=O)N1CCCCC1C(=O)N1CCCC(CNC(=O)C2CCCN2)C1. The molecule has 3 aliphatic heterocycles. The lowest BCUT2D eigenvalue weighted by Gasteiger charge is -2.41. The summed E-state index contributed by atoms with van der Waals surface area (Å²) in [6.07, 6.45) is 6.69. The van der Waals surface area contributed by atoms with E-state index in [0.717, 1.165) is 58.0 Å². The Morgan fingerprint density at radius 1 is 1.04 bits per heavy atom. The van der Waals surface area contributed by atoms with Crippen LogP contribution >= 0.6 is 0 Å². The van der Waals surface area contributed by atoms with Crippen LogP contribution in [0.4, 0.5) is 0 Å². The highest BCUT2D eigenvalue weighted by molar-refractivity contribution is 5.88. The second-order valence-corrected chi connectivity index (χ2v) is 8.88. The summed E-state index contributed by atoms with van der Waals surface area (Å²) >= 11 is 0. The van der Waals surface area contributed by atoms with Crippen molar-refractivity contribution in [1.29, 1.82) is 0 Å². The van der Waals surface area contributed by atoms with Crippen LogP contribution in [-0.4, -0.2) is 72.3 Å². The molecular weight excluding hydrogens is 356 g/mol. The van der Waals surface area contributed by atoms with Crippen LogP contribution in [0.3, 0.4) is 0 Å². The minimum atomic E-state index is -0.306. The fraction of sp³-hybridized carbons (Fsp3) is 0.857. The average Bonchev–Trinajstić information content (AvgIpc) is 3.26. The predicted octanol–water partition coefficient (Wildman–Crippen LogP) is 1.13. The Labute approximate surface area is 168 Å². The van der Waals surface area contributed by atoms with Crippen molar-refractivity contribution in [2.75, 3.05) is 32.7 Å². The van der Waals surface area contributed by atoms with E-state index in [1.54, 1.807) is 0 Å². The fourth-order valence-electron chi connectivity index (χ4n) is 4.70. The Morgan fingerprint density at radius 2 is 1.86 bits per heavy atom. The number of carbonyl (C=O) groups is 3. The van der Waals surface area contributed by atoms with E-state index < -0.39 is 0 Å². The molecule has 0 aliphatic carbocycles. The molecule has 3 aliphatic rings. The molecule has 3 saturated heterocycles. The first-order valence-corrected chi connectivity index (χ1v) is 11.1. The first-order valence-electron chi connectivity index (χ1n) is 11.1. The van der Waals surface area contributed by atoms with Crippen LogP contribution in [-0.2, 0) is 14.4 Å². The Morgan fingerprint density at radius 3 is 2.57 bits per heavy atom. The van der Waals surface area contributed by atoms with Crippen molar-refractivity contribution in [2.45, 2.75) is 70.9 Å². The quantitative estimate of drug-likeness (QED) is 0.735. The molecule has 2 N–H and O–H groups in total. The number of piperidine rings is 2. The van der Waals surface area contributed by atoms with Crippen LogP contribution in [0.2, 0.25) is 0 Å². The van der Waals surface area contributed by atoms with Gasteiger partial charge in [0.15, 0.2) is 0 Å². The maximum Gasteiger partial charge on any atom is 0.245 e. The molecule has 0 bridgehead atoms. The molecule has 158 valence electrons. The third kappa shape index (κ3) is 5.04. The minimum absolute atomic E-state index is 0.0563. The van der Waals surface area contributed by atoms with Gasteiger partial charge in [-0.15, -0.1) is 0 Å². The van der Waals surface area contributed by atoms with Gasteiger partial charge in [0.25, 0.3) is 0 Å². The largest absolute Gasteiger partial charge is 0.354 e. The van der Waals surface area contributed by atoms with Gasteiger partial charge in [0, 0.05) is 32.1 Å². The van der Waals surface area contributed by atoms with Crippen LogP contribution < -0.4 is 10.6 Å². The molecule has 3 rings (SSSR count). The maximum atomic E-state index is 13.2. The summed E-state index contributed by atoms with van der Waals surface area (Å²) in [5.74, 6) is 0.481. The van der Waals surface area contributed by atoms with Crippen molar-refractivity contribution >= 4 is 17.7 Å². The Balaban J connectivity index is 1.54. The molecule has 0 radical (unpaired) electrons. The molecule has 0 aromatic heterocycles. The fourth-order valence-corrected chi connectivity index (χ4v) is 4.70. The number of hydrogen-bond donors (Lipinski definition) is 2. The summed E-state index contributed by atoms with van der Waals surface area (Å²) in [7, 11) is 0. The molecular formula is C21H36N4O3. The molecule has 3 amide bonds. The molecule has 3 atom stereocenters. The molecule has 0 aromatic carbocycles. The highest BCUT2D eigenvalue weighted by Crippen LogP contribution is 2.24. The topological polar surface area (TPSA) is 81.8 Å². The molecule has 0 spiro atoms. The number of nitrogens with zero attached hydrogens (tertiary/aromatic N) is 2. The van der Waals surface area contributed by atoms with Gasteiger partial charge in [0.05, 0.1) is 6.04 Å². The van der Waals surface area contributed by atoms with Gasteiger partial charge in [-0.3, -0.25) is 14.4 Å². The average molecular weight is 393 g/mol. The van der Waals surface area contributed by atoms with Gasteiger partial charge in [-0.1, -0.05) is 13.8 Å². The minimum Gasteiger partial charge on any atom is -0.354 e. The second-order valence-electron chi connectivity index (χ2n) is 8.88. The van der Waals surface area contributed by atoms with Crippen molar-refractivity contribution in [3.63, 3.8) is 0 Å². The summed E-state index contributed by atoms with van der Waals surface area (Å²) in [6, 6.07) is -0.362. The highest BCUT2D eigenvalue weighted by atomic mass is 16.2. The Kier molecular flexibility index (Phi) is 7.32. The summed E-state index contributed by atoms with van der Waals surface area (Å²) < 4.78 is 0. The van der Waals surface area contributed by atoms with Crippen LogP contribution in [0.15, 0.2) is 0 Å². The lowest BCUT2D eigenvalue weighted by Crippen LogP contribution is -2.56. The van der Waals surface area contributed by atoms with Crippen molar-refractivity contribution in [3.8, 4) is 0 Å². The Hall–Kier alpha value is -1.63. The normalized spacial score (nSPS) is 28.5. The smallest absolute Gasteiger partial charge is 0.245 e. The van der Waals surface area contributed by atoms with Crippen molar-refractivity contribution in [2.24, 2.45) is 11.8 Å². The van der Waals surface area contributed by atoms with Gasteiger partial charge in [-0.2, -0.15) is 0 Å². The first kappa shape index (κ1) is 21.1. The third-order valence-electron chi connectivity index (χ3n) is 6.34. The number of nitrogens with one attached hydrogen (secondary N) is 2. The van der Waals surface area contributed by atoms with E-state index >= 15 is 0 Å². The molecule has 0 aromatic rings.